The molecule has 182 valence electrons. The molecule has 0 aromatic heterocycles. The van der Waals surface area contributed by atoms with Gasteiger partial charge in [0.2, 0.25) is 0 Å². The van der Waals surface area contributed by atoms with Crippen LogP contribution >= 0.6 is 0 Å². The number of nitrogens with zero attached hydrogens (tertiary/aromatic N) is 2. The van der Waals surface area contributed by atoms with E-state index in [0.717, 1.165) is 44.0 Å². The van der Waals surface area contributed by atoms with E-state index >= 15 is 0 Å². The van der Waals surface area contributed by atoms with Gasteiger partial charge in [0.05, 0.1) is 30.8 Å². The average Bonchev–Trinajstić information content (AvgIpc) is 2.88. The van der Waals surface area contributed by atoms with Gasteiger partial charge in [-0.05, 0) is 41.5 Å². The SMILES string of the molecule is COc1ccc(Oc2ccc([N+](=O)[O-])cc2C(=O)NCc2cccc(CN3CCOCC3)c2)cc1. The van der Waals surface area contributed by atoms with E-state index < -0.39 is 10.8 Å². The summed E-state index contributed by atoms with van der Waals surface area (Å²) in [5.74, 6) is 0.898. The molecule has 0 saturated carbocycles. The molecular weight excluding hydrogens is 450 g/mol. The molecule has 0 unspecified atom stereocenters. The number of ether oxygens (including phenoxy) is 3. The van der Waals surface area contributed by atoms with Gasteiger partial charge in [-0.25, -0.2) is 0 Å². The quantitative estimate of drug-likeness (QED) is 0.365. The van der Waals surface area contributed by atoms with Crippen LogP contribution in [0.5, 0.6) is 17.2 Å². The summed E-state index contributed by atoms with van der Waals surface area (Å²) in [6.07, 6.45) is 0. The standard InChI is InChI=1S/C26H27N3O6/c1-33-22-6-8-23(9-7-22)35-25-10-5-21(29(31)32)16-24(25)26(30)27-17-19-3-2-4-20(15-19)18-28-11-13-34-14-12-28/h2-10,15-16H,11-14,17-18H2,1H3,(H,27,30). The lowest BCUT2D eigenvalue weighted by atomic mass is 10.1. The molecule has 0 bridgehead atoms. The van der Waals surface area contributed by atoms with Crippen molar-refractivity contribution in [2.75, 3.05) is 33.4 Å². The summed E-state index contributed by atoms with van der Waals surface area (Å²) in [6, 6.07) is 18.8. The van der Waals surface area contributed by atoms with Crippen molar-refractivity contribution in [3.63, 3.8) is 0 Å². The minimum absolute atomic E-state index is 0.0829. The van der Waals surface area contributed by atoms with Gasteiger partial charge in [-0.3, -0.25) is 19.8 Å². The summed E-state index contributed by atoms with van der Waals surface area (Å²) in [7, 11) is 1.56. The Morgan fingerprint density at radius 3 is 2.46 bits per heavy atom. The number of nitro groups is 1. The van der Waals surface area contributed by atoms with Crippen LogP contribution in [-0.4, -0.2) is 49.1 Å². The van der Waals surface area contributed by atoms with Crippen LogP contribution in [0.25, 0.3) is 0 Å². The Labute approximate surface area is 203 Å². The molecule has 3 aromatic rings. The third kappa shape index (κ3) is 6.56. The van der Waals surface area contributed by atoms with Crippen LogP contribution in [-0.2, 0) is 17.8 Å². The van der Waals surface area contributed by atoms with Gasteiger partial charge in [0.15, 0.2) is 0 Å². The molecule has 9 nitrogen and oxygen atoms in total. The number of carbonyl (C=O) groups is 1. The summed E-state index contributed by atoms with van der Waals surface area (Å²) in [4.78, 5) is 26.1. The monoisotopic (exact) mass is 477 g/mol. The van der Waals surface area contributed by atoms with E-state index in [0.29, 0.717) is 11.5 Å². The van der Waals surface area contributed by atoms with Gasteiger partial charge < -0.3 is 19.5 Å². The maximum absolute atomic E-state index is 13.1. The zero-order valence-electron chi connectivity index (χ0n) is 19.4. The maximum Gasteiger partial charge on any atom is 0.270 e. The second kappa shape index (κ2) is 11.5. The predicted molar refractivity (Wildman–Crippen MR) is 130 cm³/mol. The first kappa shape index (κ1) is 24.2. The predicted octanol–water partition coefficient (Wildman–Crippen LogP) is 4.16. The first-order chi connectivity index (χ1) is 17.0. The van der Waals surface area contributed by atoms with Crippen molar-refractivity contribution in [1.82, 2.24) is 10.2 Å². The Balaban J connectivity index is 1.47. The zero-order valence-corrected chi connectivity index (χ0v) is 19.4. The van der Waals surface area contributed by atoms with Crippen molar-refractivity contribution in [1.29, 1.82) is 0 Å². The van der Waals surface area contributed by atoms with Crippen molar-refractivity contribution in [2.45, 2.75) is 13.1 Å². The largest absolute Gasteiger partial charge is 0.497 e. The molecule has 35 heavy (non-hydrogen) atoms. The number of carbonyl (C=O) groups excluding carboxylic acids is 1. The van der Waals surface area contributed by atoms with Crippen LogP contribution in [0.1, 0.15) is 21.5 Å². The topological polar surface area (TPSA) is 103 Å². The third-order valence-corrected chi connectivity index (χ3v) is 5.66. The van der Waals surface area contributed by atoms with Crippen molar-refractivity contribution in [2.24, 2.45) is 0 Å². The van der Waals surface area contributed by atoms with E-state index in [9.17, 15) is 14.9 Å². The Morgan fingerprint density at radius 2 is 1.74 bits per heavy atom. The fraction of sp³-hybridized carbons (Fsp3) is 0.269. The van der Waals surface area contributed by atoms with Crippen LogP contribution in [0, 0.1) is 10.1 Å². The van der Waals surface area contributed by atoms with Gasteiger partial charge in [0.25, 0.3) is 11.6 Å². The smallest absolute Gasteiger partial charge is 0.270 e. The Kier molecular flexibility index (Phi) is 7.92. The number of amides is 1. The van der Waals surface area contributed by atoms with E-state index in [2.05, 4.69) is 22.3 Å². The molecule has 1 aliphatic rings. The van der Waals surface area contributed by atoms with Crippen LogP contribution in [0.2, 0.25) is 0 Å². The molecule has 4 rings (SSSR count). The number of hydrogen-bond donors (Lipinski definition) is 1. The van der Waals surface area contributed by atoms with Crippen molar-refractivity contribution in [3.05, 3.63) is 93.5 Å². The second-order valence-corrected chi connectivity index (χ2v) is 8.11. The highest BCUT2D eigenvalue weighted by atomic mass is 16.6. The normalized spacial score (nSPS) is 13.7. The first-order valence-corrected chi connectivity index (χ1v) is 11.3. The number of benzene rings is 3. The molecule has 0 spiro atoms. The Bertz CT molecular complexity index is 1180. The first-order valence-electron chi connectivity index (χ1n) is 11.3. The molecule has 3 aromatic carbocycles. The molecule has 1 fully saturated rings. The van der Waals surface area contributed by atoms with Gasteiger partial charge in [-0.2, -0.15) is 0 Å². The minimum Gasteiger partial charge on any atom is -0.497 e. The molecular formula is C26H27N3O6. The number of morpholine rings is 1. The second-order valence-electron chi connectivity index (χ2n) is 8.11. The highest BCUT2D eigenvalue weighted by Crippen LogP contribution is 2.30. The number of rotatable bonds is 9. The highest BCUT2D eigenvalue weighted by molar-refractivity contribution is 5.97. The summed E-state index contributed by atoms with van der Waals surface area (Å²) in [5.41, 5.74) is 1.98. The lowest BCUT2D eigenvalue weighted by Crippen LogP contribution is -2.35. The molecule has 1 heterocycles. The van der Waals surface area contributed by atoms with E-state index in [4.69, 9.17) is 14.2 Å². The number of methoxy groups -OCH3 is 1. The lowest BCUT2D eigenvalue weighted by molar-refractivity contribution is -0.384. The summed E-state index contributed by atoms with van der Waals surface area (Å²) in [6.45, 7) is 4.35. The molecule has 1 aliphatic heterocycles. The summed E-state index contributed by atoms with van der Waals surface area (Å²) >= 11 is 0. The van der Waals surface area contributed by atoms with Crippen LogP contribution in [0.15, 0.2) is 66.7 Å². The van der Waals surface area contributed by atoms with Crippen LogP contribution in [0.4, 0.5) is 5.69 Å². The third-order valence-electron chi connectivity index (χ3n) is 5.66. The number of non-ortho nitro benzene ring substituents is 1. The van der Waals surface area contributed by atoms with Crippen LogP contribution in [0.3, 0.4) is 0 Å². The van der Waals surface area contributed by atoms with Crippen molar-refractivity contribution in [3.8, 4) is 17.2 Å². The summed E-state index contributed by atoms with van der Waals surface area (Å²) < 4.78 is 16.4. The molecule has 0 atom stereocenters. The fourth-order valence-electron chi connectivity index (χ4n) is 3.80. The van der Waals surface area contributed by atoms with Crippen molar-refractivity contribution >= 4 is 11.6 Å². The average molecular weight is 478 g/mol. The van der Waals surface area contributed by atoms with Gasteiger partial charge in [-0.15, -0.1) is 0 Å². The van der Waals surface area contributed by atoms with E-state index in [1.54, 1.807) is 31.4 Å². The van der Waals surface area contributed by atoms with Gasteiger partial charge in [0, 0.05) is 38.3 Å². The highest BCUT2D eigenvalue weighted by Gasteiger charge is 2.19. The lowest BCUT2D eigenvalue weighted by Gasteiger charge is -2.26. The maximum atomic E-state index is 13.1. The molecule has 1 N–H and O–H groups in total. The van der Waals surface area contributed by atoms with Gasteiger partial charge >= 0.3 is 0 Å². The number of nitro benzene ring substituents is 1. The zero-order chi connectivity index (χ0) is 24.6. The van der Waals surface area contributed by atoms with Crippen molar-refractivity contribution < 1.29 is 23.9 Å². The van der Waals surface area contributed by atoms with E-state index in [1.165, 1.54) is 18.2 Å². The fourth-order valence-corrected chi connectivity index (χ4v) is 3.80. The minimum atomic E-state index is -0.539. The number of nitrogens with one attached hydrogen (secondary N) is 1. The van der Waals surface area contributed by atoms with E-state index in [1.807, 2.05) is 12.1 Å². The molecule has 1 amide bonds. The molecule has 9 heteroatoms. The molecule has 1 saturated heterocycles. The van der Waals surface area contributed by atoms with Gasteiger partial charge in [-0.1, -0.05) is 24.3 Å². The Morgan fingerprint density at radius 1 is 1.03 bits per heavy atom. The van der Waals surface area contributed by atoms with E-state index in [-0.39, 0.29) is 23.5 Å². The number of hydrogen-bond acceptors (Lipinski definition) is 7. The summed E-state index contributed by atoms with van der Waals surface area (Å²) in [5, 5.41) is 14.2. The molecule has 0 radical (unpaired) electrons. The van der Waals surface area contributed by atoms with Crippen LogP contribution < -0.4 is 14.8 Å². The van der Waals surface area contributed by atoms with Gasteiger partial charge in [0.1, 0.15) is 17.2 Å². The Hall–Kier alpha value is -3.95. The molecule has 0 aliphatic carbocycles.